The molecule has 0 aliphatic heterocycles. The number of nitrogens with zero attached hydrogens (tertiary/aromatic N) is 1. The van der Waals surface area contributed by atoms with Gasteiger partial charge in [-0.15, -0.1) is 0 Å². The fourth-order valence-electron chi connectivity index (χ4n) is 1.97. The van der Waals surface area contributed by atoms with Crippen LogP contribution in [0.3, 0.4) is 0 Å². The minimum atomic E-state index is -0.463. The first kappa shape index (κ1) is 14.6. The van der Waals surface area contributed by atoms with E-state index in [1.54, 1.807) is 0 Å². The molecule has 0 amide bonds. The van der Waals surface area contributed by atoms with Gasteiger partial charge >= 0.3 is 0 Å². The van der Waals surface area contributed by atoms with Crippen molar-refractivity contribution in [3.8, 4) is 11.4 Å². The molecular weight excluding hydrogens is 252 g/mol. The van der Waals surface area contributed by atoms with Crippen molar-refractivity contribution in [2.45, 2.75) is 26.0 Å². The van der Waals surface area contributed by atoms with Gasteiger partial charge in [0.05, 0.1) is 11.7 Å². The Kier molecular flexibility index (Phi) is 5.21. The van der Waals surface area contributed by atoms with E-state index in [2.05, 4.69) is 19.2 Å². The third kappa shape index (κ3) is 4.11. The van der Waals surface area contributed by atoms with Crippen molar-refractivity contribution in [1.82, 2.24) is 4.57 Å². The lowest BCUT2D eigenvalue weighted by Crippen LogP contribution is -2.90. The fraction of sp³-hybridized carbons (Fsp3) is 0.375. The van der Waals surface area contributed by atoms with Crippen LogP contribution in [0.4, 0.5) is 0 Å². The molecule has 108 valence electrons. The Morgan fingerprint density at radius 1 is 1.15 bits per heavy atom. The smallest absolute Gasteiger partial charge is 0.143 e. The van der Waals surface area contributed by atoms with Gasteiger partial charge in [0.15, 0.2) is 0 Å². The topological polar surface area (TPSA) is 51.0 Å². The van der Waals surface area contributed by atoms with Crippen LogP contribution < -0.4 is 10.1 Å². The second kappa shape index (κ2) is 7.12. The maximum Gasteiger partial charge on any atom is 0.143 e. The van der Waals surface area contributed by atoms with Crippen molar-refractivity contribution in [2.75, 3.05) is 13.2 Å². The fourth-order valence-corrected chi connectivity index (χ4v) is 1.97. The molecule has 0 fully saturated rings. The van der Waals surface area contributed by atoms with E-state index in [0.29, 0.717) is 19.2 Å². The Balaban J connectivity index is 1.96. The molecule has 3 N–H and O–H groups in total. The first-order valence-corrected chi connectivity index (χ1v) is 7.03. The Morgan fingerprint density at radius 3 is 2.55 bits per heavy atom. The van der Waals surface area contributed by atoms with E-state index >= 15 is 0 Å². The highest BCUT2D eigenvalue weighted by Crippen LogP contribution is 2.22. The van der Waals surface area contributed by atoms with E-state index in [1.807, 2.05) is 53.4 Å². The van der Waals surface area contributed by atoms with Gasteiger partial charge in [-0.2, -0.15) is 0 Å². The molecule has 1 atom stereocenters. The predicted octanol–water partition coefficient (Wildman–Crippen LogP) is 1.19. The number of nitrogens with two attached hydrogens (primary N) is 1. The van der Waals surface area contributed by atoms with Gasteiger partial charge in [-0.05, 0) is 38.1 Å². The SMILES string of the molecule is CC(C)[NH2+]C[C@@H](O)COc1ccccc1-n1cccc1. The molecule has 0 aliphatic carbocycles. The van der Waals surface area contributed by atoms with Crippen LogP contribution in [0.2, 0.25) is 0 Å². The van der Waals surface area contributed by atoms with E-state index in [0.717, 1.165) is 11.4 Å². The number of quaternary nitrogens is 1. The summed E-state index contributed by atoms with van der Waals surface area (Å²) in [5.74, 6) is 0.785. The van der Waals surface area contributed by atoms with Crippen LogP contribution in [0, 0.1) is 0 Å². The van der Waals surface area contributed by atoms with Crippen LogP contribution >= 0.6 is 0 Å². The lowest BCUT2D eigenvalue weighted by molar-refractivity contribution is -0.688. The third-order valence-electron chi connectivity index (χ3n) is 3.06. The molecule has 0 radical (unpaired) electrons. The highest BCUT2D eigenvalue weighted by Gasteiger charge is 2.11. The lowest BCUT2D eigenvalue weighted by atomic mass is 10.3. The molecule has 0 unspecified atom stereocenters. The van der Waals surface area contributed by atoms with Crippen LogP contribution in [0.1, 0.15) is 13.8 Å². The number of ether oxygens (including phenoxy) is 1. The van der Waals surface area contributed by atoms with Gasteiger partial charge in [-0.3, -0.25) is 0 Å². The molecule has 4 nitrogen and oxygen atoms in total. The highest BCUT2D eigenvalue weighted by molar-refractivity contribution is 5.46. The molecule has 1 heterocycles. The van der Waals surface area contributed by atoms with Gasteiger partial charge in [0.2, 0.25) is 0 Å². The number of aliphatic hydroxyl groups excluding tert-OH is 1. The highest BCUT2D eigenvalue weighted by atomic mass is 16.5. The number of aromatic nitrogens is 1. The largest absolute Gasteiger partial charge is 0.488 e. The van der Waals surface area contributed by atoms with Crippen LogP contribution in [-0.4, -0.2) is 35.0 Å². The number of para-hydroxylation sites is 2. The molecule has 0 bridgehead atoms. The summed E-state index contributed by atoms with van der Waals surface area (Å²) in [5.41, 5.74) is 0.984. The number of rotatable bonds is 7. The summed E-state index contributed by atoms with van der Waals surface area (Å²) >= 11 is 0. The van der Waals surface area contributed by atoms with Crippen LogP contribution in [0.5, 0.6) is 5.75 Å². The average molecular weight is 275 g/mol. The summed E-state index contributed by atoms with van der Waals surface area (Å²) < 4.78 is 7.77. The average Bonchev–Trinajstić information content (AvgIpc) is 2.97. The standard InChI is InChI=1S/C16H22N2O2/c1-13(2)17-11-14(19)12-20-16-8-4-3-7-15(16)18-9-5-6-10-18/h3-10,13-14,17,19H,11-12H2,1-2H3/p+1/t14-/m1/s1. The summed E-state index contributed by atoms with van der Waals surface area (Å²) in [6, 6.07) is 12.3. The predicted molar refractivity (Wildman–Crippen MR) is 79.2 cm³/mol. The van der Waals surface area contributed by atoms with Crippen molar-refractivity contribution < 1.29 is 15.2 Å². The minimum absolute atomic E-state index is 0.307. The second-order valence-electron chi connectivity index (χ2n) is 5.24. The first-order valence-electron chi connectivity index (χ1n) is 7.03. The quantitative estimate of drug-likeness (QED) is 0.797. The van der Waals surface area contributed by atoms with E-state index in [1.165, 1.54) is 0 Å². The monoisotopic (exact) mass is 275 g/mol. The Bertz CT molecular complexity index is 509. The molecule has 2 rings (SSSR count). The maximum atomic E-state index is 9.92. The minimum Gasteiger partial charge on any atom is -0.488 e. The number of hydrogen-bond acceptors (Lipinski definition) is 2. The van der Waals surface area contributed by atoms with Crippen molar-refractivity contribution in [3.63, 3.8) is 0 Å². The summed E-state index contributed by atoms with van der Waals surface area (Å²) in [4.78, 5) is 0. The van der Waals surface area contributed by atoms with Crippen molar-refractivity contribution in [3.05, 3.63) is 48.8 Å². The molecular formula is C16H23N2O2+. The van der Waals surface area contributed by atoms with Gasteiger partial charge in [-0.25, -0.2) is 0 Å². The molecule has 0 aliphatic rings. The van der Waals surface area contributed by atoms with Crippen LogP contribution in [-0.2, 0) is 0 Å². The van der Waals surface area contributed by atoms with Gasteiger partial charge in [-0.1, -0.05) is 12.1 Å². The number of aliphatic hydroxyl groups is 1. The maximum absolute atomic E-state index is 9.92. The van der Waals surface area contributed by atoms with Crippen molar-refractivity contribution in [1.29, 1.82) is 0 Å². The van der Waals surface area contributed by atoms with Crippen molar-refractivity contribution >= 4 is 0 Å². The summed E-state index contributed by atoms with van der Waals surface area (Å²) in [7, 11) is 0. The van der Waals surface area contributed by atoms with Crippen LogP contribution in [0.25, 0.3) is 5.69 Å². The third-order valence-corrected chi connectivity index (χ3v) is 3.06. The molecule has 20 heavy (non-hydrogen) atoms. The van der Waals surface area contributed by atoms with E-state index in [9.17, 15) is 5.11 Å². The summed E-state index contributed by atoms with van der Waals surface area (Å²) in [6.45, 7) is 5.18. The summed E-state index contributed by atoms with van der Waals surface area (Å²) in [5, 5.41) is 12.0. The van der Waals surface area contributed by atoms with Crippen LogP contribution in [0.15, 0.2) is 48.8 Å². The van der Waals surface area contributed by atoms with Gasteiger partial charge in [0.1, 0.15) is 25.0 Å². The molecule has 0 saturated heterocycles. The second-order valence-corrected chi connectivity index (χ2v) is 5.24. The van der Waals surface area contributed by atoms with E-state index < -0.39 is 6.10 Å². The molecule has 1 aromatic heterocycles. The normalized spacial score (nSPS) is 12.6. The molecule has 2 aromatic rings. The van der Waals surface area contributed by atoms with Gasteiger partial charge < -0.3 is 19.7 Å². The Hall–Kier alpha value is -1.78. The Labute approximate surface area is 120 Å². The zero-order valence-electron chi connectivity index (χ0n) is 12.1. The van der Waals surface area contributed by atoms with E-state index in [4.69, 9.17) is 4.74 Å². The number of hydrogen-bond donors (Lipinski definition) is 2. The molecule has 1 aromatic carbocycles. The van der Waals surface area contributed by atoms with Crippen molar-refractivity contribution in [2.24, 2.45) is 0 Å². The summed E-state index contributed by atoms with van der Waals surface area (Å²) in [6.07, 6.45) is 3.49. The zero-order chi connectivity index (χ0) is 14.4. The number of benzene rings is 1. The molecule has 0 saturated carbocycles. The van der Waals surface area contributed by atoms with Gasteiger partial charge in [0.25, 0.3) is 0 Å². The van der Waals surface area contributed by atoms with E-state index in [-0.39, 0.29) is 0 Å². The first-order chi connectivity index (χ1) is 9.66. The Morgan fingerprint density at radius 2 is 1.85 bits per heavy atom. The lowest BCUT2D eigenvalue weighted by Gasteiger charge is -2.15. The van der Waals surface area contributed by atoms with Gasteiger partial charge in [0, 0.05) is 12.4 Å². The molecule has 4 heteroatoms. The zero-order valence-corrected chi connectivity index (χ0v) is 12.1. The molecule has 0 spiro atoms.